The Morgan fingerprint density at radius 2 is 1.60 bits per heavy atom. The van der Waals surface area contributed by atoms with Gasteiger partial charge >= 0.3 is 0 Å². The van der Waals surface area contributed by atoms with Crippen LogP contribution in [0.4, 0.5) is 0 Å². The lowest BCUT2D eigenvalue weighted by Gasteiger charge is -2.33. The zero-order chi connectivity index (χ0) is 21.7. The third-order valence-electron chi connectivity index (χ3n) is 5.19. The first-order chi connectivity index (χ1) is 14.3. The fourth-order valence-electron chi connectivity index (χ4n) is 3.58. The van der Waals surface area contributed by atoms with Crippen molar-refractivity contribution >= 4 is 50.7 Å². The highest BCUT2D eigenvalue weighted by molar-refractivity contribution is 7.89. The van der Waals surface area contributed by atoms with Gasteiger partial charge in [0, 0.05) is 27.7 Å². The maximum absolute atomic E-state index is 13.3. The van der Waals surface area contributed by atoms with Gasteiger partial charge in [-0.3, -0.25) is 4.79 Å². The van der Waals surface area contributed by atoms with Gasteiger partial charge < -0.3 is 5.32 Å². The van der Waals surface area contributed by atoms with Gasteiger partial charge in [0.25, 0.3) is 0 Å². The first-order valence-electron chi connectivity index (χ1n) is 9.75. The molecule has 1 fully saturated rings. The molecule has 162 valence electrons. The summed E-state index contributed by atoms with van der Waals surface area (Å²) >= 11 is 18.0. The Labute approximate surface area is 192 Å². The fourth-order valence-corrected chi connectivity index (χ4v) is 5.82. The maximum Gasteiger partial charge on any atom is 0.243 e. The third-order valence-corrected chi connectivity index (χ3v) is 7.94. The summed E-state index contributed by atoms with van der Waals surface area (Å²) < 4.78 is 28.0. The van der Waals surface area contributed by atoms with Crippen LogP contribution in [0.3, 0.4) is 0 Å². The molecule has 0 aromatic heterocycles. The molecule has 1 amide bonds. The van der Waals surface area contributed by atoms with Crippen LogP contribution in [-0.4, -0.2) is 31.2 Å². The summed E-state index contributed by atoms with van der Waals surface area (Å²) in [6.45, 7) is -0.0603. The van der Waals surface area contributed by atoms with Crippen molar-refractivity contribution in [3.8, 4) is 0 Å². The molecule has 3 rings (SSSR count). The Morgan fingerprint density at radius 1 is 0.967 bits per heavy atom. The van der Waals surface area contributed by atoms with Crippen LogP contribution in [0.25, 0.3) is 0 Å². The van der Waals surface area contributed by atoms with Crippen LogP contribution in [-0.2, 0) is 21.4 Å². The Balaban J connectivity index is 1.76. The maximum atomic E-state index is 13.3. The molecule has 0 aliphatic heterocycles. The highest BCUT2D eigenvalue weighted by atomic mass is 35.5. The number of benzene rings is 2. The predicted molar refractivity (Wildman–Crippen MR) is 121 cm³/mol. The molecule has 0 heterocycles. The molecular weight excluding hydrogens is 467 g/mol. The van der Waals surface area contributed by atoms with Gasteiger partial charge in [0.2, 0.25) is 15.9 Å². The Kier molecular flexibility index (Phi) is 8.04. The van der Waals surface area contributed by atoms with Gasteiger partial charge in [0.1, 0.15) is 0 Å². The van der Waals surface area contributed by atoms with Crippen LogP contribution in [0.1, 0.15) is 37.7 Å². The molecule has 30 heavy (non-hydrogen) atoms. The summed E-state index contributed by atoms with van der Waals surface area (Å²) in [6.07, 6.45) is 4.44. The molecule has 9 heteroatoms. The molecule has 0 saturated heterocycles. The summed E-state index contributed by atoms with van der Waals surface area (Å²) in [7, 11) is -3.84. The SMILES string of the molecule is O=C(CN(C1CCCCC1)S(=O)(=O)c1ccc(Cl)cc1)NCc1ccc(Cl)cc1Cl. The van der Waals surface area contributed by atoms with E-state index in [0.29, 0.717) is 20.6 Å². The molecule has 1 saturated carbocycles. The highest BCUT2D eigenvalue weighted by Crippen LogP contribution is 2.28. The quantitative estimate of drug-likeness (QED) is 0.575. The number of carbonyl (C=O) groups is 1. The van der Waals surface area contributed by atoms with E-state index in [0.717, 1.165) is 32.1 Å². The fraction of sp³-hybridized carbons (Fsp3) is 0.381. The van der Waals surface area contributed by atoms with E-state index in [1.165, 1.54) is 28.6 Å². The van der Waals surface area contributed by atoms with Crippen molar-refractivity contribution in [3.05, 3.63) is 63.1 Å². The van der Waals surface area contributed by atoms with Crippen molar-refractivity contribution in [3.63, 3.8) is 0 Å². The lowest BCUT2D eigenvalue weighted by molar-refractivity contribution is -0.121. The molecule has 0 spiro atoms. The number of hydrogen-bond acceptors (Lipinski definition) is 3. The van der Waals surface area contributed by atoms with Crippen molar-refractivity contribution in [1.82, 2.24) is 9.62 Å². The van der Waals surface area contributed by atoms with Gasteiger partial charge in [-0.1, -0.05) is 60.1 Å². The second-order valence-electron chi connectivity index (χ2n) is 7.31. The van der Waals surface area contributed by atoms with Gasteiger partial charge in [-0.15, -0.1) is 0 Å². The minimum absolute atomic E-state index is 0.131. The minimum Gasteiger partial charge on any atom is -0.351 e. The van der Waals surface area contributed by atoms with Crippen LogP contribution in [0.2, 0.25) is 15.1 Å². The molecule has 0 bridgehead atoms. The van der Waals surface area contributed by atoms with Gasteiger partial charge in [0.15, 0.2) is 0 Å². The van der Waals surface area contributed by atoms with Crippen LogP contribution >= 0.6 is 34.8 Å². The first kappa shape index (κ1) is 23.4. The molecule has 0 atom stereocenters. The number of carbonyl (C=O) groups excluding carboxylic acids is 1. The van der Waals surface area contributed by atoms with Crippen molar-refractivity contribution < 1.29 is 13.2 Å². The minimum atomic E-state index is -3.84. The number of nitrogens with zero attached hydrogens (tertiary/aromatic N) is 1. The molecule has 1 N–H and O–H groups in total. The second kappa shape index (κ2) is 10.3. The summed E-state index contributed by atoms with van der Waals surface area (Å²) in [5.74, 6) is -0.385. The van der Waals surface area contributed by atoms with Crippen LogP contribution in [0.5, 0.6) is 0 Å². The van der Waals surface area contributed by atoms with E-state index < -0.39 is 10.0 Å². The van der Waals surface area contributed by atoms with E-state index in [1.807, 2.05) is 0 Å². The van der Waals surface area contributed by atoms with Gasteiger partial charge in [0.05, 0.1) is 11.4 Å². The molecular formula is C21H23Cl3N2O3S. The van der Waals surface area contributed by atoms with Gasteiger partial charge in [-0.2, -0.15) is 4.31 Å². The van der Waals surface area contributed by atoms with Crippen LogP contribution < -0.4 is 5.32 Å². The number of halogens is 3. The molecule has 0 radical (unpaired) electrons. The Hall–Kier alpha value is -1.31. The summed E-state index contributed by atoms with van der Waals surface area (Å²) in [5.41, 5.74) is 0.708. The number of hydrogen-bond donors (Lipinski definition) is 1. The zero-order valence-corrected chi connectivity index (χ0v) is 19.4. The number of sulfonamides is 1. The molecule has 1 aliphatic rings. The number of amides is 1. The smallest absolute Gasteiger partial charge is 0.243 e. The van der Waals surface area contributed by atoms with E-state index in [2.05, 4.69) is 5.32 Å². The van der Waals surface area contributed by atoms with Crippen molar-refractivity contribution in [1.29, 1.82) is 0 Å². The summed E-state index contributed by atoms with van der Waals surface area (Å²) in [6, 6.07) is 10.8. The highest BCUT2D eigenvalue weighted by Gasteiger charge is 2.33. The summed E-state index contributed by atoms with van der Waals surface area (Å²) in [4.78, 5) is 12.8. The molecule has 0 unspecified atom stereocenters. The van der Waals surface area contributed by atoms with Gasteiger partial charge in [-0.05, 0) is 54.8 Å². The van der Waals surface area contributed by atoms with E-state index in [9.17, 15) is 13.2 Å². The standard InChI is InChI=1S/C21H23Cl3N2O3S/c22-16-8-10-19(11-9-16)30(28,29)26(18-4-2-1-3-5-18)14-21(27)25-13-15-6-7-17(23)12-20(15)24/h6-12,18H,1-5,13-14H2,(H,25,27). The Morgan fingerprint density at radius 3 is 2.23 bits per heavy atom. The number of nitrogens with one attached hydrogen (secondary N) is 1. The number of rotatable bonds is 7. The largest absolute Gasteiger partial charge is 0.351 e. The van der Waals surface area contributed by atoms with E-state index >= 15 is 0 Å². The first-order valence-corrected chi connectivity index (χ1v) is 12.3. The average Bonchev–Trinajstić information content (AvgIpc) is 2.72. The molecule has 2 aromatic carbocycles. The van der Waals surface area contributed by atoms with Crippen molar-refractivity contribution in [2.45, 2.75) is 49.6 Å². The molecule has 5 nitrogen and oxygen atoms in total. The van der Waals surface area contributed by atoms with Crippen LogP contribution in [0.15, 0.2) is 47.4 Å². The van der Waals surface area contributed by atoms with E-state index in [1.54, 1.807) is 18.2 Å². The lowest BCUT2D eigenvalue weighted by atomic mass is 9.95. The lowest BCUT2D eigenvalue weighted by Crippen LogP contribution is -2.46. The average molecular weight is 490 g/mol. The van der Waals surface area contributed by atoms with Gasteiger partial charge in [-0.25, -0.2) is 8.42 Å². The van der Waals surface area contributed by atoms with Crippen molar-refractivity contribution in [2.75, 3.05) is 6.54 Å². The van der Waals surface area contributed by atoms with E-state index in [4.69, 9.17) is 34.8 Å². The Bertz CT molecular complexity index is 991. The summed E-state index contributed by atoms with van der Waals surface area (Å²) in [5, 5.41) is 4.17. The van der Waals surface area contributed by atoms with Crippen molar-refractivity contribution in [2.24, 2.45) is 0 Å². The van der Waals surface area contributed by atoms with Crippen LogP contribution in [0, 0.1) is 0 Å². The molecule has 2 aromatic rings. The third kappa shape index (κ3) is 5.89. The predicted octanol–water partition coefficient (Wildman–Crippen LogP) is 5.29. The zero-order valence-electron chi connectivity index (χ0n) is 16.3. The van der Waals surface area contributed by atoms with E-state index in [-0.39, 0.29) is 29.9 Å². The topological polar surface area (TPSA) is 66.5 Å². The molecule has 1 aliphatic carbocycles. The second-order valence-corrected chi connectivity index (χ2v) is 10.5. The normalized spacial score (nSPS) is 15.3. The monoisotopic (exact) mass is 488 g/mol.